The quantitative estimate of drug-likeness (QED) is 0.783. The largest absolute Gasteiger partial charge is 0.460 e. The first-order valence-electron chi connectivity index (χ1n) is 7.04. The molecule has 1 unspecified atom stereocenters. The molecule has 2 aliphatic rings. The molecule has 4 heteroatoms. The fraction of sp³-hybridized carbons (Fsp3) is 0.600. The van der Waals surface area contributed by atoms with E-state index in [1.165, 1.54) is 0 Å². The predicted molar refractivity (Wildman–Crippen MR) is 72.9 cm³/mol. The van der Waals surface area contributed by atoms with Crippen molar-refractivity contribution in [1.82, 2.24) is 4.98 Å². The second kappa shape index (κ2) is 4.83. The Kier molecular flexibility index (Phi) is 3.17. The Morgan fingerprint density at radius 1 is 1.47 bits per heavy atom. The molecule has 1 saturated heterocycles. The molecule has 0 amide bonds. The van der Waals surface area contributed by atoms with E-state index in [-0.39, 0.29) is 17.5 Å². The second-order valence-corrected chi connectivity index (χ2v) is 5.86. The van der Waals surface area contributed by atoms with Crippen LogP contribution in [0.1, 0.15) is 32.6 Å². The van der Waals surface area contributed by atoms with Gasteiger partial charge in [-0.2, -0.15) is 0 Å². The first-order valence-corrected chi connectivity index (χ1v) is 7.04. The van der Waals surface area contributed by atoms with Gasteiger partial charge in [-0.3, -0.25) is 4.79 Å². The van der Waals surface area contributed by atoms with Gasteiger partial charge in [0.2, 0.25) is 0 Å². The lowest BCUT2D eigenvalue weighted by Crippen LogP contribution is -2.41. The molecule has 0 radical (unpaired) electrons. The Labute approximate surface area is 113 Å². The molecule has 2 heterocycles. The minimum atomic E-state index is -0.187. The highest BCUT2D eigenvalue weighted by molar-refractivity contribution is 5.79. The topological polar surface area (TPSA) is 42.4 Å². The van der Waals surface area contributed by atoms with E-state index < -0.39 is 0 Å². The summed E-state index contributed by atoms with van der Waals surface area (Å²) in [6, 6.07) is 5.91. The standard InChI is InChI=1S/C15H20N2O2/c1-15(7-8-15)14(18)19-12-5-4-10-17(11-12)13-6-2-3-9-16-13/h2-3,6,9,12H,4-5,7-8,10-11H2,1H3. The molecule has 4 nitrogen and oxygen atoms in total. The number of carbonyl (C=O) groups excluding carboxylic acids is 1. The molecule has 0 spiro atoms. The highest BCUT2D eigenvalue weighted by atomic mass is 16.5. The van der Waals surface area contributed by atoms with Crippen LogP contribution in [0.3, 0.4) is 0 Å². The van der Waals surface area contributed by atoms with E-state index in [1.807, 2.05) is 25.1 Å². The van der Waals surface area contributed by atoms with Crippen LogP contribution >= 0.6 is 0 Å². The van der Waals surface area contributed by atoms with Gasteiger partial charge >= 0.3 is 5.97 Å². The maximum Gasteiger partial charge on any atom is 0.312 e. The van der Waals surface area contributed by atoms with Crippen LogP contribution in [0.25, 0.3) is 0 Å². The Balaban J connectivity index is 1.60. The van der Waals surface area contributed by atoms with Crippen molar-refractivity contribution in [1.29, 1.82) is 0 Å². The molecule has 3 rings (SSSR count). The van der Waals surface area contributed by atoms with Gasteiger partial charge in [0.25, 0.3) is 0 Å². The van der Waals surface area contributed by atoms with E-state index in [9.17, 15) is 4.79 Å². The van der Waals surface area contributed by atoms with Crippen molar-refractivity contribution in [2.24, 2.45) is 5.41 Å². The predicted octanol–water partition coefficient (Wildman–Crippen LogP) is 2.39. The monoisotopic (exact) mass is 260 g/mol. The number of aromatic nitrogens is 1. The maximum atomic E-state index is 12.0. The van der Waals surface area contributed by atoms with Crippen LogP contribution in [0.5, 0.6) is 0 Å². The minimum absolute atomic E-state index is 0.0135. The summed E-state index contributed by atoms with van der Waals surface area (Å²) in [4.78, 5) is 18.5. The summed E-state index contributed by atoms with van der Waals surface area (Å²) in [5.41, 5.74) is -0.187. The van der Waals surface area contributed by atoms with Gasteiger partial charge in [-0.15, -0.1) is 0 Å². The van der Waals surface area contributed by atoms with Crippen molar-refractivity contribution in [2.75, 3.05) is 18.0 Å². The third-order valence-corrected chi connectivity index (χ3v) is 4.12. The molecule has 19 heavy (non-hydrogen) atoms. The Morgan fingerprint density at radius 2 is 2.32 bits per heavy atom. The summed E-state index contributed by atoms with van der Waals surface area (Å²) in [6.07, 6.45) is 5.78. The molecule has 0 bridgehead atoms. The molecule has 0 aromatic carbocycles. The summed E-state index contributed by atoms with van der Waals surface area (Å²) in [7, 11) is 0. The highest BCUT2D eigenvalue weighted by Crippen LogP contribution is 2.46. The van der Waals surface area contributed by atoms with Gasteiger partial charge in [0.1, 0.15) is 11.9 Å². The highest BCUT2D eigenvalue weighted by Gasteiger charge is 2.47. The third kappa shape index (κ3) is 2.72. The van der Waals surface area contributed by atoms with Gasteiger partial charge in [0, 0.05) is 12.7 Å². The molecular weight excluding hydrogens is 240 g/mol. The summed E-state index contributed by atoms with van der Waals surface area (Å²) < 4.78 is 5.66. The number of esters is 1. The molecule has 1 aliphatic carbocycles. The number of pyridine rings is 1. The van der Waals surface area contributed by atoms with Crippen molar-refractivity contribution in [3.63, 3.8) is 0 Å². The van der Waals surface area contributed by atoms with E-state index in [0.29, 0.717) is 0 Å². The van der Waals surface area contributed by atoms with E-state index in [1.54, 1.807) is 6.20 Å². The lowest BCUT2D eigenvalue weighted by Gasteiger charge is -2.33. The molecule has 1 atom stereocenters. The number of rotatable bonds is 3. The van der Waals surface area contributed by atoms with Crippen LogP contribution in [0, 0.1) is 5.41 Å². The van der Waals surface area contributed by atoms with Crippen LogP contribution in [-0.4, -0.2) is 30.1 Å². The van der Waals surface area contributed by atoms with Gasteiger partial charge in [0.15, 0.2) is 0 Å². The number of carbonyl (C=O) groups is 1. The number of hydrogen-bond acceptors (Lipinski definition) is 4. The summed E-state index contributed by atoms with van der Waals surface area (Å²) >= 11 is 0. The van der Waals surface area contributed by atoms with Crippen molar-refractivity contribution in [3.05, 3.63) is 24.4 Å². The number of anilines is 1. The number of ether oxygens (including phenoxy) is 1. The lowest BCUT2D eigenvalue weighted by molar-refractivity contribution is -0.155. The Morgan fingerprint density at radius 3 is 3.00 bits per heavy atom. The number of nitrogens with zero attached hydrogens (tertiary/aromatic N) is 2. The van der Waals surface area contributed by atoms with Crippen molar-refractivity contribution in [2.45, 2.75) is 38.7 Å². The molecule has 2 fully saturated rings. The van der Waals surface area contributed by atoms with E-state index in [0.717, 1.165) is 44.6 Å². The van der Waals surface area contributed by atoms with Gasteiger partial charge in [-0.25, -0.2) is 4.98 Å². The molecule has 0 N–H and O–H groups in total. The number of piperidine rings is 1. The van der Waals surface area contributed by atoms with Gasteiger partial charge in [-0.1, -0.05) is 6.07 Å². The molecule has 1 aliphatic heterocycles. The van der Waals surface area contributed by atoms with E-state index in [4.69, 9.17) is 4.74 Å². The fourth-order valence-electron chi connectivity index (χ4n) is 2.47. The van der Waals surface area contributed by atoms with Crippen LogP contribution in [0.2, 0.25) is 0 Å². The first kappa shape index (κ1) is 12.5. The first-order chi connectivity index (χ1) is 9.17. The van der Waals surface area contributed by atoms with Gasteiger partial charge in [-0.05, 0) is 44.7 Å². The normalized spacial score (nSPS) is 24.9. The Bertz CT molecular complexity index is 456. The molecule has 1 saturated carbocycles. The average Bonchev–Trinajstić information content (AvgIpc) is 3.20. The lowest BCUT2D eigenvalue weighted by atomic mass is 10.1. The zero-order chi connectivity index (χ0) is 13.3. The molecular formula is C15H20N2O2. The third-order valence-electron chi connectivity index (χ3n) is 4.12. The zero-order valence-corrected chi connectivity index (χ0v) is 11.3. The molecule has 1 aromatic rings. The summed E-state index contributed by atoms with van der Waals surface area (Å²) in [5.74, 6) is 0.959. The number of hydrogen-bond donors (Lipinski definition) is 0. The second-order valence-electron chi connectivity index (χ2n) is 5.86. The SMILES string of the molecule is CC1(C(=O)OC2CCCN(c3ccccn3)C2)CC1. The molecule has 1 aromatic heterocycles. The Hall–Kier alpha value is -1.58. The van der Waals surface area contributed by atoms with Crippen molar-refractivity contribution in [3.8, 4) is 0 Å². The summed E-state index contributed by atoms with van der Waals surface area (Å²) in [5, 5.41) is 0. The maximum absolute atomic E-state index is 12.0. The molecule has 102 valence electrons. The van der Waals surface area contributed by atoms with Crippen LogP contribution in [0.15, 0.2) is 24.4 Å². The summed E-state index contributed by atoms with van der Waals surface area (Å²) in [6.45, 7) is 3.75. The van der Waals surface area contributed by atoms with Crippen LogP contribution < -0.4 is 4.90 Å². The van der Waals surface area contributed by atoms with E-state index in [2.05, 4.69) is 9.88 Å². The van der Waals surface area contributed by atoms with Crippen molar-refractivity contribution < 1.29 is 9.53 Å². The smallest absolute Gasteiger partial charge is 0.312 e. The zero-order valence-electron chi connectivity index (χ0n) is 11.3. The van der Waals surface area contributed by atoms with Crippen LogP contribution in [-0.2, 0) is 9.53 Å². The fourth-order valence-corrected chi connectivity index (χ4v) is 2.47. The van der Waals surface area contributed by atoms with Gasteiger partial charge < -0.3 is 9.64 Å². The minimum Gasteiger partial charge on any atom is -0.460 e. The van der Waals surface area contributed by atoms with Crippen molar-refractivity contribution >= 4 is 11.8 Å². The average molecular weight is 260 g/mol. The van der Waals surface area contributed by atoms with Crippen LogP contribution in [0.4, 0.5) is 5.82 Å². The van der Waals surface area contributed by atoms with E-state index >= 15 is 0 Å². The van der Waals surface area contributed by atoms with Gasteiger partial charge in [0.05, 0.1) is 12.0 Å².